The summed E-state index contributed by atoms with van der Waals surface area (Å²) in [6, 6.07) is 0. The summed E-state index contributed by atoms with van der Waals surface area (Å²) in [5.74, 6) is 1.37. The minimum absolute atomic E-state index is 0.394. The molecular formula is C11H18ClN3O. The van der Waals surface area contributed by atoms with E-state index in [0.29, 0.717) is 30.0 Å². The van der Waals surface area contributed by atoms with Crippen LogP contribution in [0.1, 0.15) is 20.3 Å². The van der Waals surface area contributed by atoms with E-state index in [1.54, 1.807) is 6.20 Å². The van der Waals surface area contributed by atoms with Crippen LogP contribution in [0.5, 0.6) is 0 Å². The zero-order chi connectivity index (χ0) is 11.8. The number of nitrogens with one attached hydrogen (secondary N) is 1. The van der Waals surface area contributed by atoms with Crippen LogP contribution in [0.2, 0.25) is 5.15 Å². The average molecular weight is 244 g/mol. The van der Waals surface area contributed by atoms with E-state index in [9.17, 15) is 0 Å². The third kappa shape index (κ3) is 5.88. The largest absolute Gasteiger partial charge is 0.380 e. The number of ether oxygens (including phenoxy) is 1. The van der Waals surface area contributed by atoms with Gasteiger partial charge in [0.1, 0.15) is 11.0 Å². The summed E-state index contributed by atoms with van der Waals surface area (Å²) < 4.78 is 5.45. The number of aromatic nitrogens is 2. The van der Waals surface area contributed by atoms with Crippen molar-refractivity contribution in [3.05, 3.63) is 17.5 Å². The summed E-state index contributed by atoms with van der Waals surface area (Å²) in [7, 11) is 0. The molecule has 0 unspecified atom stereocenters. The molecule has 0 saturated heterocycles. The van der Waals surface area contributed by atoms with E-state index in [-0.39, 0.29) is 0 Å². The van der Waals surface area contributed by atoms with Crippen molar-refractivity contribution in [1.29, 1.82) is 0 Å². The molecule has 0 saturated carbocycles. The molecule has 90 valence electrons. The summed E-state index contributed by atoms with van der Waals surface area (Å²) in [5.41, 5.74) is 0. The third-order valence-corrected chi connectivity index (χ3v) is 2.18. The van der Waals surface area contributed by atoms with Gasteiger partial charge in [-0.15, -0.1) is 0 Å². The van der Waals surface area contributed by atoms with Crippen LogP contribution in [0.3, 0.4) is 0 Å². The minimum atomic E-state index is 0.394. The molecule has 1 heterocycles. The summed E-state index contributed by atoms with van der Waals surface area (Å²) in [5, 5.41) is 3.48. The van der Waals surface area contributed by atoms with E-state index < -0.39 is 0 Å². The Morgan fingerprint density at radius 1 is 1.38 bits per heavy atom. The Hall–Kier alpha value is -0.870. The molecule has 0 spiro atoms. The number of anilines is 1. The fraction of sp³-hybridized carbons (Fsp3) is 0.636. The van der Waals surface area contributed by atoms with Gasteiger partial charge in [-0.25, -0.2) is 4.98 Å². The van der Waals surface area contributed by atoms with E-state index in [0.717, 1.165) is 13.0 Å². The first-order valence-electron chi connectivity index (χ1n) is 5.47. The van der Waals surface area contributed by atoms with Crippen LogP contribution in [-0.2, 0) is 4.74 Å². The van der Waals surface area contributed by atoms with E-state index in [4.69, 9.17) is 16.3 Å². The van der Waals surface area contributed by atoms with E-state index in [1.807, 2.05) is 0 Å². The second-order valence-electron chi connectivity index (χ2n) is 3.95. The average Bonchev–Trinajstić information content (AvgIpc) is 2.23. The number of nitrogens with zero attached hydrogens (tertiary/aromatic N) is 2. The molecule has 0 aliphatic rings. The lowest BCUT2D eigenvalue weighted by molar-refractivity contribution is 0.132. The van der Waals surface area contributed by atoms with Gasteiger partial charge in [0.15, 0.2) is 0 Å². The summed E-state index contributed by atoms with van der Waals surface area (Å²) >= 11 is 5.70. The minimum Gasteiger partial charge on any atom is -0.380 e. The highest BCUT2D eigenvalue weighted by Gasteiger charge is 1.96. The predicted molar refractivity (Wildman–Crippen MR) is 65.8 cm³/mol. The summed E-state index contributed by atoms with van der Waals surface area (Å²) in [6.07, 6.45) is 4.24. The normalized spacial score (nSPS) is 10.8. The maximum atomic E-state index is 5.70. The molecular weight excluding hydrogens is 226 g/mol. The van der Waals surface area contributed by atoms with Gasteiger partial charge in [-0.2, -0.15) is 0 Å². The Balaban J connectivity index is 2.07. The molecule has 0 aromatic carbocycles. The lowest BCUT2D eigenvalue weighted by Crippen LogP contribution is -2.11. The maximum absolute atomic E-state index is 5.70. The monoisotopic (exact) mass is 243 g/mol. The van der Waals surface area contributed by atoms with Gasteiger partial charge in [0, 0.05) is 13.2 Å². The molecule has 5 heteroatoms. The van der Waals surface area contributed by atoms with Crippen molar-refractivity contribution >= 4 is 17.4 Å². The fourth-order valence-electron chi connectivity index (χ4n) is 1.10. The number of hydrogen-bond donors (Lipinski definition) is 1. The predicted octanol–water partition coefficient (Wildman–Crippen LogP) is 2.60. The van der Waals surface area contributed by atoms with Crippen molar-refractivity contribution < 1.29 is 4.74 Å². The maximum Gasteiger partial charge on any atom is 0.149 e. The van der Waals surface area contributed by atoms with Crippen LogP contribution in [-0.4, -0.2) is 29.7 Å². The summed E-state index contributed by atoms with van der Waals surface area (Å²) in [6.45, 7) is 6.56. The Labute approximate surface area is 101 Å². The SMILES string of the molecule is CC(C)CCOCCNc1cncc(Cl)n1. The molecule has 1 N–H and O–H groups in total. The van der Waals surface area contributed by atoms with Crippen LogP contribution in [0, 0.1) is 5.92 Å². The highest BCUT2D eigenvalue weighted by molar-refractivity contribution is 6.29. The molecule has 0 radical (unpaired) electrons. The first-order valence-corrected chi connectivity index (χ1v) is 5.85. The van der Waals surface area contributed by atoms with Gasteiger partial charge >= 0.3 is 0 Å². The quantitative estimate of drug-likeness (QED) is 0.748. The van der Waals surface area contributed by atoms with Crippen molar-refractivity contribution in [2.24, 2.45) is 5.92 Å². The molecule has 0 bridgehead atoms. The van der Waals surface area contributed by atoms with Crippen molar-refractivity contribution in [2.45, 2.75) is 20.3 Å². The smallest absolute Gasteiger partial charge is 0.149 e. The topological polar surface area (TPSA) is 47.0 Å². The zero-order valence-electron chi connectivity index (χ0n) is 9.74. The molecule has 0 amide bonds. The van der Waals surface area contributed by atoms with Gasteiger partial charge in [-0.1, -0.05) is 25.4 Å². The van der Waals surface area contributed by atoms with Gasteiger partial charge in [0.05, 0.1) is 19.0 Å². The fourth-order valence-corrected chi connectivity index (χ4v) is 1.25. The Kier molecular flexibility index (Phi) is 6.11. The van der Waals surface area contributed by atoms with Gasteiger partial charge < -0.3 is 10.1 Å². The molecule has 0 fully saturated rings. The van der Waals surface area contributed by atoms with Crippen molar-refractivity contribution in [1.82, 2.24) is 9.97 Å². The molecule has 0 atom stereocenters. The van der Waals surface area contributed by atoms with Crippen LogP contribution in [0.25, 0.3) is 0 Å². The zero-order valence-corrected chi connectivity index (χ0v) is 10.5. The van der Waals surface area contributed by atoms with Crippen LogP contribution >= 0.6 is 11.6 Å². The second-order valence-corrected chi connectivity index (χ2v) is 4.34. The van der Waals surface area contributed by atoms with Crippen LogP contribution in [0.4, 0.5) is 5.82 Å². The molecule has 4 nitrogen and oxygen atoms in total. The van der Waals surface area contributed by atoms with E-state index >= 15 is 0 Å². The molecule has 1 rings (SSSR count). The Bertz CT molecular complexity index is 307. The highest BCUT2D eigenvalue weighted by Crippen LogP contribution is 2.06. The highest BCUT2D eigenvalue weighted by atomic mass is 35.5. The molecule has 0 aliphatic carbocycles. The van der Waals surface area contributed by atoms with Gasteiger partial charge in [0.2, 0.25) is 0 Å². The lowest BCUT2D eigenvalue weighted by Gasteiger charge is -2.07. The second kappa shape index (κ2) is 7.41. The van der Waals surface area contributed by atoms with E-state index in [1.165, 1.54) is 6.20 Å². The van der Waals surface area contributed by atoms with Crippen molar-refractivity contribution in [3.8, 4) is 0 Å². The van der Waals surface area contributed by atoms with Gasteiger partial charge in [0.25, 0.3) is 0 Å². The lowest BCUT2D eigenvalue weighted by atomic mass is 10.1. The van der Waals surface area contributed by atoms with Crippen molar-refractivity contribution in [2.75, 3.05) is 25.1 Å². The number of hydrogen-bond acceptors (Lipinski definition) is 4. The molecule has 1 aromatic rings. The third-order valence-electron chi connectivity index (χ3n) is 2.00. The molecule has 1 aromatic heterocycles. The van der Waals surface area contributed by atoms with E-state index in [2.05, 4.69) is 29.1 Å². The number of halogens is 1. The standard InChI is InChI=1S/C11H18ClN3O/c1-9(2)3-5-16-6-4-14-11-8-13-7-10(12)15-11/h7-9H,3-6H2,1-2H3,(H,14,15). The van der Waals surface area contributed by atoms with Crippen molar-refractivity contribution in [3.63, 3.8) is 0 Å². The first-order chi connectivity index (χ1) is 7.68. The number of rotatable bonds is 7. The van der Waals surface area contributed by atoms with Gasteiger partial charge in [-0.3, -0.25) is 4.98 Å². The Morgan fingerprint density at radius 3 is 2.88 bits per heavy atom. The van der Waals surface area contributed by atoms with Gasteiger partial charge in [-0.05, 0) is 12.3 Å². The molecule has 16 heavy (non-hydrogen) atoms. The first kappa shape index (κ1) is 13.2. The summed E-state index contributed by atoms with van der Waals surface area (Å²) in [4.78, 5) is 7.98. The molecule has 0 aliphatic heterocycles. The Morgan fingerprint density at radius 2 is 2.19 bits per heavy atom. The van der Waals surface area contributed by atoms with Crippen LogP contribution in [0.15, 0.2) is 12.4 Å². The van der Waals surface area contributed by atoms with Crippen LogP contribution < -0.4 is 5.32 Å².